The largest absolute Gasteiger partial charge is 0.396 e. The molecule has 0 atom stereocenters. The van der Waals surface area contributed by atoms with Gasteiger partial charge in [-0.2, -0.15) is 0 Å². The lowest BCUT2D eigenvalue weighted by molar-refractivity contribution is 0.276. The molecule has 0 amide bonds. The van der Waals surface area contributed by atoms with E-state index in [-0.39, 0.29) is 0 Å². The molecule has 0 radical (unpaired) electrons. The summed E-state index contributed by atoms with van der Waals surface area (Å²) in [5, 5.41) is 8.52. The SMILES string of the molecule is CCC(CC)CCCCO. The van der Waals surface area contributed by atoms with Crippen LogP contribution in [0.25, 0.3) is 0 Å². The van der Waals surface area contributed by atoms with Crippen molar-refractivity contribution in [3.05, 3.63) is 0 Å². The zero-order valence-corrected chi connectivity index (χ0v) is 7.27. The summed E-state index contributed by atoms with van der Waals surface area (Å²) in [6.45, 7) is 4.85. The van der Waals surface area contributed by atoms with E-state index in [1.807, 2.05) is 0 Å². The Bertz CT molecular complexity index is 57.7. The molecule has 0 rings (SSSR count). The van der Waals surface area contributed by atoms with Crippen molar-refractivity contribution in [2.24, 2.45) is 5.92 Å². The standard InChI is InChI=1S/C9H20O/c1-3-9(4-2)7-5-6-8-10/h9-10H,3-8H2,1-2H3. The Balaban J connectivity index is 3.09. The van der Waals surface area contributed by atoms with E-state index in [1.54, 1.807) is 0 Å². The Morgan fingerprint density at radius 3 is 2.10 bits per heavy atom. The van der Waals surface area contributed by atoms with Crippen LogP contribution in [-0.4, -0.2) is 11.7 Å². The molecule has 1 nitrogen and oxygen atoms in total. The molecule has 0 spiro atoms. The van der Waals surface area contributed by atoms with Crippen molar-refractivity contribution in [3.63, 3.8) is 0 Å². The van der Waals surface area contributed by atoms with Crippen molar-refractivity contribution in [3.8, 4) is 0 Å². The summed E-state index contributed by atoms with van der Waals surface area (Å²) in [5.41, 5.74) is 0. The van der Waals surface area contributed by atoms with E-state index < -0.39 is 0 Å². The average molecular weight is 144 g/mol. The van der Waals surface area contributed by atoms with Gasteiger partial charge in [-0.25, -0.2) is 0 Å². The number of rotatable bonds is 6. The second-order valence-electron chi connectivity index (χ2n) is 2.90. The first kappa shape index (κ1) is 9.96. The second-order valence-corrected chi connectivity index (χ2v) is 2.90. The van der Waals surface area contributed by atoms with Gasteiger partial charge in [-0.1, -0.05) is 39.5 Å². The van der Waals surface area contributed by atoms with Crippen LogP contribution in [-0.2, 0) is 0 Å². The van der Waals surface area contributed by atoms with Gasteiger partial charge in [-0.3, -0.25) is 0 Å². The Labute approximate surface area is 64.5 Å². The van der Waals surface area contributed by atoms with Crippen molar-refractivity contribution in [1.29, 1.82) is 0 Å². The maximum Gasteiger partial charge on any atom is 0.0431 e. The third-order valence-electron chi connectivity index (χ3n) is 2.18. The van der Waals surface area contributed by atoms with Gasteiger partial charge in [-0.05, 0) is 12.3 Å². The van der Waals surface area contributed by atoms with Crippen molar-refractivity contribution >= 4 is 0 Å². The van der Waals surface area contributed by atoms with E-state index in [1.165, 1.54) is 25.7 Å². The molecular weight excluding hydrogens is 124 g/mol. The third kappa shape index (κ3) is 4.80. The summed E-state index contributed by atoms with van der Waals surface area (Å²) in [6.07, 6.45) is 6.07. The van der Waals surface area contributed by atoms with E-state index >= 15 is 0 Å². The molecule has 0 fully saturated rings. The van der Waals surface area contributed by atoms with E-state index in [4.69, 9.17) is 5.11 Å². The first-order chi connectivity index (χ1) is 4.85. The summed E-state index contributed by atoms with van der Waals surface area (Å²) >= 11 is 0. The maximum atomic E-state index is 8.52. The number of hydrogen-bond donors (Lipinski definition) is 1. The molecular formula is C9H20O. The van der Waals surface area contributed by atoms with Crippen LogP contribution < -0.4 is 0 Å². The molecule has 0 unspecified atom stereocenters. The zero-order valence-electron chi connectivity index (χ0n) is 7.27. The predicted molar refractivity (Wildman–Crippen MR) is 45.0 cm³/mol. The quantitative estimate of drug-likeness (QED) is 0.568. The minimum absolute atomic E-state index is 0.361. The lowest BCUT2D eigenvalue weighted by Crippen LogP contribution is -1.96. The Kier molecular flexibility index (Phi) is 7.04. The highest BCUT2D eigenvalue weighted by molar-refractivity contribution is 4.54. The van der Waals surface area contributed by atoms with E-state index in [0.717, 1.165) is 12.3 Å². The fourth-order valence-electron chi connectivity index (χ4n) is 1.24. The number of hydrogen-bond acceptors (Lipinski definition) is 1. The van der Waals surface area contributed by atoms with Crippen LogP contribution in [0.4, 0.5) is 0 Å². The monoisotopic (exact) mass is 144 g/mol. The van der Waals surface area contributed by atoms with Crippen LogP contribution in [0.5, 0.6) is 0 Å². The van der Waals surface area contributed by atoms with Gasteiger partial charge in [0.25, 0.3) is 0 Å². The highest BCUT2D eigenvalue weighted by atomic mass is 16.2. The van der Waals surface area contributed by atoms with Crippen LogP contribution >= 0.6 is 0 Å². The van der Waals surface area contributed by atoms with Crippen LogP contribution in [0.15, 0.2) is 0 Å². The summed E-state index contributed by atoms with van der Waals surface area (Å²) < 4.78 is 0. The van der Waals surface area contributed by atoms with Crippen molar-refractivity contribution in [1.82, 2.24) is 0 Å². The Morgan fingerprint density at radius 2 is 1.70 bits per heavy atom. The molecule has 0 bridgehead atoms. The van der Waals surface area contributed by atoms with E-state index in [0.29, 0.717) is 6.61 Å². The molecule has 0 saturated carbocycles. The first-order valence-corrected chi connectivity index (χ1v) is 4.46. The predicted octanol–water partition coefficient (Wildman–Crippen LogP) is 2.59. The number of aliphatic hydroxyl groups is 1. The van der Waals surface area contributed by atoms with Gasteiger partial charge in [0.1, 0.15) is 0 Å². The average Bonchev–Trinajstić information content (AvgIpc) is 1.99. The maximum absolute atomic E-state index is 8.52. The van der Waals surface area contributed by atoms with Gasteiger partial charge < -0.3 is 5.11 Å². The van der Waals surface area contributed by atoms with Crippen LogP contribution in [0, 0.1) is 5.92 Å². The minimum Gasteiger partial charge on any atom is -0.396 e. The van der Waals surface area contributed by atoms with Gasteiger partial charge >= 0.3 is 0 Å². The molecule has 1 N–H and O–H groups in total. The number of aliphatic hydroxyl groups excluding tert-OH is 1. The molecule has 10 heavy (non-hydrogen) atoms. The summed E-state index contributed by atoms with van der Waals surface area (Å²) in [5.74, 6) is 0.895. The molecule has 0 aromatic rings. The van der Waals surface area contributed by atoms with Gasteiger partial charge in [0.2, 0.25) is 0 Å². The molecule has 0 saturated heterocycles. The lowest BCUT2D eigenvalue weighted by atomic mass is 9.97. The fourth-order valence-corrected chi connectivity index (χ4v) is 1.24. The number of unbranched alkanes of at least 4 members (excludes halogenated alkanes) is 1. The van der Waals surface area contributed by atoms with Gasteiger partial charge in [0.15, 0.2) is 0 Å². The molecule has 62 valence electrons. The molecule has 0 aliphatic heterocycles. The Hall–Kier alpha value is -0.0400. The summed E-state index contributed by atoms with van der Waals surface area (Å²) in [4.78, 5) is 0. The van der Waals surface area contributed by atoms with Crippen LogP contribution in [0.1, 0.15) is 46.0 Å². The van der Waals surface area contributed by atoms with E-state index in [2.05, 4.69) is 13.8 Å². The Morgan fingerprint density at radius 1 is 1.10 bits per heavy atom. The molecule has 1 heteroatoms. The first-order valence-electron chi connectivity index (χ1n) is 4.46. The van der Waals surface area contributed by atoms with Gasteiger partial charge in [0.05, 0.1) is 0 Å². The minimum atomic E-state index is 0.361. The van der Waals surface area contributed by atoms with Crippen molar-refractivity contribution in [2.75, 3.05) is 6.61 Å². The van der Waals surface area contributed by atoms with E-state index in [9.17, 15) is 0 Å². The lowest BCUT2D eigenvalue weighted by Gasteiger charge is -2.10. The summed E-state index contributed by atoms with van der Waals surface area (Å²) in [6, 6.07) is 0. The highest BCUT2D eigenvalue weighted by Crippen LogP contribution is 2.15. The normalized spacial score (nSPS) is 10.8. The molecule has 0 aromatic heterocycles. The van der Waals surface area contributed by atoms with Gasteiger partial charge in [-0.15, -0.1) is 0 Å². The molecule has 0 heterocycles. The zero-order chi connectivity index (χ0) is 7.82. The van der Waals surface area contributed by atoms with Gasteiger partial charge in [0, 0.05) is 6.61 Å². The third-order valence-corrected chi connectivity index (χ3v) is 2.18. The van der Waals surface area contributed by atoms with Crippen LogP contribution in [0.2, 0.25) is 0 Å². The molecule has 0 aromatic carbocycles. The topological polar surface area (TPSA) is 20.2 Å². The molecule has 0 aliphatic carbocycles. The smallest absolute Gasteiger partial charge is 0.0431 e. The summed E-state index contributed by atoms with van der Waals surface area (Å²) in [7, 11) is 0. The molecule has 0 aliphatic rings. The second kappa shape index (κ2) is 7.07. The fraction of sp³-hybridized carbons (Fsp3) is 1.00. The van der Waals surface area contributed by atoms with Crippen LogP contribution in [0.3, 0.4) is 0 Å². The van der Waals surface area contributed by atoms with Crippen molar-refractivity contribution < 1.29 is 5.11 Å². The highest BCUT2D eigenvalue weighted by Gasteiger charge is 2.01. The van der Waals surface area contributed by atoms with Crippen molar-refractivity contribution in [2.45, 2.75) is 46.0 Å².